The van der Waals surface area contributed by atoms with Crippen LogP contribution in [0.25, 0.3) is 0 Å². The molecule has 0 amide bonds. The second-order valence-corrected chi connectivity index (χ2v) is 4.65. The van der Waals surface area contributed by atoms with E-state index in [0.29, 0.717) is 12.6 Å². The maximum atomic E-state index is 9.04. The first-order valence-corrected chi connectivity index (χ1v) is 5.98. The predicted octanol–water partition coefficient (Wildman–Crippen LogP) is 0.489. The monoisotopic (exact) mass is 198 g/mol. The molecule has 3 nitrogen and oxygen atoms in total. The minimum absolute atomic E-state index is 0.328. The number of rotatable bonds is 5. The molecule has 14 heavy (non-hydrogen) atoms. The summed E-state index contributed by atoms with van der Waals surface area (Å²) in [7, 11) is 0. The minimum Gasteiger partial charge on any atom is -0.396 e. The molecule has 0 aromatic carbocycles. The summed E-state index contributed by atoms with van der Waals surface area (Å²) < 4.78 is 0. The lowest BCUT2D eigenvalue weighted by molar-refractivity contribution is 0.210. The summed E-state index contributed by atoms with van der Waals surface area (Å²) in [6.45, 7) is 2.63. The van der Waals surface area contributed by atoms with E-state index in [4.69, 9.17) is 5.11 Å². The van der Waals surface area contributed by atoms with Crippen molar-refractivity contribution in [3.63, 3.8) is 0 Å². The average molecular weight is 198 g/mol. The van der Waals surface area contributed by atoms with Gasteiger partial charge in [0.2, 0.25) is 0 Å². The molecule has 1 saturated carbocycles. The van der Waals surface area contributed by atoms with Crippen molar-refractivity contribution in [1.82, 2.24) is 10.6 Å². The van der Waals surface area contributed by atoms with E-state index in [-0.39, 0.29) is 0 Å². The van der Waals surface area contributed by atoms with Gasteiger partial charge in [0.05, 0.1) is 0 Å². The van der Waals surface area contributed by atoms with E-state index in [0.717, 1.165) is 31.5 Å². The molecule has 1 heterocycles. The smallest absolute Gasteiger partial charge is 0.0445 e. The summed E-state index contributed by atoms with van der Waals surface area (Å²) in [6, 6.07) is 1.33. The maximum Gasteiger partial charge on any atom is 0.0445 e. The Labute approximate surface area is 86.3 Å². The van der Waals surface area contributed by atoms with E-state index >= 15 is 0 Å². The van der Waals surface area contributed by atoms with Gasteiger partial charge < -0.3 is 15.7 Å². The highest BCUT2D eigenvalue weighted by atomic mass is 16.3. The average Bonchev–Trinajstić information content (AvgIpc) is 3.03. The number of nitrogens with one attached hydrogen (secondary N) is 2. The van der Waals surface area contributed by atoms with Gasteiger partial charge in [-0.25, -0.2) is 0 Å². The van der Waals surface area contributed by atoms with Crippen molar-refractivity contribution in [3.05, 3.63) is 0 Å². The van der Waals surface area contributed by atoms with Gasteiger partial charge >= 0.3 is 0 Å². The van der Waals surface area contributed by atoms with Gasteiger partial charge in [-0.15, -0.1) is 0 Å². The van der Waals surface area contributed by atoms with Crippen molar-refractivity contribution in [2.75, 3.05) is 19.7 Å². The predicted molar refractivity (Wildman–Crippen MR) is 57.2 cm³/mol. The Morgan fingerprint density at radius 3 is 2.50 bits per heavy atom. The van der Waals surface area contributed by atoms with Gasteiger partial charge in [-0.05, 0) is 51.1 Å². The fourth-order valence-electron chi connectivity index (χ4n) is 2.39. The summed E-state index contributed by atoms with van der Waals surface area (Å²) in [5.41, 5.74) is 0. The molecule has 0 bridgehead atoms. The fourth-order valence-corrected chi connectivity index (χ4v) is 2.39. The molecule has 0 radical (unpaired) electrons. The van der Waals surface area contributed by atoms with Gasteiger partial charge in [-0.3, -0.25) is 0 Å². The van der Waals surface area contributed by atoms with E-state index in [9.17, 15) is 0 Å². The second-order valence-electron chi connectivity index (χ2n) is 4.65. The molecule has 3 heteroatoms. The van der Waals surface area contributed by atoms with Crippen LogP contribution in [0.5, 0.6) is 0 Å². The summed E-state index contributed by atoms with van der Waals surface area (Å²) in [5, 5.41) is 16.1. The van der Waals surface area contributed by atoms with Crippen LogP contribution in [-0.2, 0) is 0 Å². The molecule has 0 spiro atoms. The Hall–Kier alpha value is -0.120. The zero-order valence-electron chi connectivity index (χ0n) is 8.84. The minimum atomic E-state index is 0.328. The number of piperidine rings is 1. The van der Waals surface area contributed by atoms with Crippen LogP contribution in [-0.4, -0.2) is 36.9 Å². The maximum absolute atomic E-state index is 9.04. The first kappa shape index (κ1) is 10.4. The highest BCUT2D eigenvalue weighted by molar-refractivity contribution is 4.89. The first-order chi connectivity index (χ1) is 6.90. The van der Waals surface area contributed by atoms with Gasteiger partial charge in [-0.1, -0.05) is 0 Å². The molecule has 1 aliphatic carbocycles. The van der Waals surface area contributed by atoms with Crippen molar-refractivity contribution >= 4 is 0 Å². The molecule has 2 fully saturated rings. The van der Waals surface area contributed by atoms with Crippen LogP contribution in [0, 0.1) is 5.92 Å². The quantitative estimate of drug-likeness (QED) is 0.602. The van der Waals surface area contributed by atoms with Crippen LogP contribution < -0.4 is 10.6 Å². The molecule has 2 aliphatic rings. The molecule has 82 valence electrons. The Kier molecular flexibility index (Phi) is 3.79. The molecule has 0 aromatic rings. The molecule has 0 unspecified atom stereocenters. The van der Waals surface area contributed by atoms with Crippen molar-refractivity contribution < 1.29 is 5.11 Å². The van der Waals surface area contributed by atoms with Gasteiger partial charge in [0.1, 0.15) is 0 Å². The highest BCUT2D eigenvalue weighted by Gasteiger charge is 2.29. The van der Waals surface area contributed by atoms with Crippen molar-refractivity contribution in [2.24, 2.45) is 5.92 Å². The van der Waals surface area contributed by atoms with Gasteiger partial charge in [0.15, 0.2) is 0 Å². The van der Waals surface area contributed by atoms with Gasteiger partial charge in [-0.2, -0.15) is 0 Å². The lowest BCUT2D eigenvalue weighted by atomic mass is 9.88. The zero-order chi connectivity index (χ0) is 9.80. The number of hydrogen-bond donors (Lipinski definition) is 3. The molecular weight excluding hydrogens is 176 g/mol. The number of aliphatic hydroxyl groups excluding tert-OH is 1. The number of hydrogen-bond acceptors (Lipinski definition) is 3. The normalized spacial score (nSPS) is 26.4. The highest BCUT2D eigenvalue weighted by Crippen LogP contribution is 2.25. The Bertz CT molecular complexity index is 165. The SMILES string of the molecule is OCC[C@H](NC1CC1)C1CCNCC1. The third-order valence-electron chi connectivity index (χ3n) is 3.42. The van der Waals surface area contributed by atoms with Crippen molar-refractivity contribution in [3.8, 4) is 0 Å². The van der Waals surface area contributed by atoms with Crippen LogP contribution >= 0.6 is 0 Å². The van der Waals surface area contributed by atoms with E-state index < -0.39 is 0 Å². The topological polar surface area (TPSA) is 44.3 Å². The van der Waals surface area contributed by atoms with Crippen LogP contribution in [0.15, 0.2) is 0 Å². The van der Waals surface area contributed by atoms with E-state index in [1.807, 2.05) is 0 Å². The Morgan fingerprint density at radius 1 is 1.21 bits per heavy atom. The molecule has 0 aromatic heterocycles. The van der Waals surface area contributed by atoms with Crippen molar-refractivity contribution in [1.29, 1.82) is 0 Å². The van der Waals surface area contributed by atoms with Crippen LogP contribution in [0.2, 0.25) is 0 Å². The third kappa shape index (κ3) is 2.94. The molecule has 3 N–H and O–H groups in total. The molecule has 1 atom stereocenters. The summed E-state index contributed by atoms with van der Waals surface area (Å²) in [4.78, 5) is 0. The van der Waals surface area contributed by atoms with Crippen LogP contribution in [0.4, 0.5) is 0 Å². The first-order valence-electron chi connectivity index (χ1n) is 5.98. The lowest BCUT2D eigenvalue weighted by Gasteiger charge is -2.31. The Morgan fingerprint density at radius 2 is 1.93 bits per heavy atom. The van der Waals surface area contributed by atoms with Crippen LogP contribution in [0.1, 0.15) is 32.1 Å². The molecule has 1 saturated heterocycles. The zero-order valence-corrected chi connectivity index (χ0v) is 8.84. The van der Waals surface area contributed by atoms with Crippen molar-refractivity contribution in [2.45, 2.75) is 44.2 Å². The van der Waals surface area contributed by atoms with E-state index in [2.05, 4.69) is 10.6 Å². The number of aliphatic hydroxyl groups is 1. The summed E-state index contributed by atoms with van der Waals surface area (Å²) >= 11 is 0. The van der Waals surface area contributed by atoms with E-state index in [1.54, 1.807) is 0 Å². The standard InChI is InChI=1S/C11H22N2O/c14-8-5-11(13-10-1-2-10)9-3-6-12-7-4-9/h9-14H,1-8H2/t11-/m0/s1. The van der Waals surface area contributed by atoms with Gasteiger partial charge in [0, 0.05) is 18.7 Å². The second kappa shape index (κ2) is 5.10. The molecular formula is C11H22N2O. The lowest BCUT2D eigenvalue weighted by Crippen LogP contribution is -2.43. The largest absolute Gasteiger partial charge is 0.396 e. The molecule has 2 rings (SSSR count). The fraction of sp³-hybridized carbons (Fsp3) is 1.00. The third-order valence-corrected chi connectivity index (χ3v) is 3.42. The van der Waals surface area contributed by atoms with E-state index in [1.165, 1.54) is 25.7 Å². The van der Waals surface area contributed by atoms with Crippen LogP contribution in [0.3, 0.4) is 0 Å². The van der Waals surface area contributed by atoms with Gasteiger partial charge in [0.25, 0.3) is 0 Å². The molecule has 1 aliphatic heterocycles. The summed E-state index contributed by atoms with van der Waals surface area (Å²) in [6.07, 6.45) is 6.15. The summed E-state index contributed by atoms with van der Waals surface area (Å²) in [5.74, 6) is 0.781. The Balaban J connectivity index is 1.79.